The second kappa shape index (κ2) is 8.78. The SMILES string of the molecule is CC(=O)N1C[C@@H](Nc2nc(N(C)C)nc3c2CCCC3)CC[C@@H](C(=O)NC2CC2)C1. The number of nitrogens with zero attached hydrogens (tertiary/aromatic N) is 4. The number of amides is 2. The van der Waals surface area contributed by atoms with Crippen molar-refractivity contribution in [3.8, 4) is 0 Å². The summed E-state index contributed by atoms with van der Waals surface area (Å²) in [5, 5.41) is 6.75. The quantitative estimate of drug-likeness (QED) is 0.763. The molecule has 164 valence electrons. The van der Waals surface area contributed by atoms with E-state index in [1.54, 1.807) is 6.92 Å². The Morgan fingerprint density at radius 1 is 1.00 bits per heavy atom. The number of hydrogen-bond acceptors (Lipinski definition) is 6. The van der Waals surface area contributed by atoms with Crippen LogP contribution in [0.5, 0.6) is 0 Å². The van der Waals surface area contributed by atoms with Crippen molar-refractivity contribution in [3.05, 3.63) is 11.3 Å². The molecule has 3 aliphatic rings. The number of aryl methyl sites for hydroxylation is 1. The lowest BCUT2D eigenvalue weighted by Gasteiger charge is -2.27. The van der Waals surface area contributed by atoms with Crippen LogP contribution in [-0.2, 0) is 22.4 Å². The van der Waals surface area contributed by atoms with E-state index in [2.05, 4.69) is 10.6 Å². The first kappa shape index (κ1) is 20.9. The maximum absolute atomic E-state index is 12.6. The number of likely N-dealkylation sites (tertiary alicyclic amines) is 1. The molecule has 0 spiro atoms. The monoisotopic (exact) mass is 414 g/mol. The minimum Gasteiger partial charge on any atom is -0.365 e. The molecule has 1 aromatic rings. The fraction of sp³-hybridized carbons (Fsp3) is 0.727. The predicted molar refractivity (Wildman–Crippen MR) is 117 cm³/mol. The summed E-state index contributed by atoms with van der Waals surface area (Å²) < 4.78 is 0. The average Bonchev–Trinajstić information content (AvgIpc) is 3.54. The summed E-state index contributed by atoms with van der Waals surface area (Å²) in [5.74, 6) is 1.60. The van der Waals surface area contributed by atoms with Crippen LogP contribution in [0.3, 0.4) is 0 Å². The summed E-state index contributed by atoms with van der Waals surface area (Å²) in [6, 6.07) is 0.418. The number of nitrogens with one attached hydrogen (secondary N) is 2. The minimum atomic E-state index is -0.141. The number of rotatable bonds is 5. The van der Waals surface area contributed by atoms with E-state index >= 15 is 0 Å². The topological polar surface area (TPSA) is 90.5 Å². The van der Waals surface area contributed by atoms with Gasteiger partial charge in [0.05, 0.1) is 11.6 Å². The third-order valence-corrected chi connectivity index (χ3v) is 6.40. The van der Waals surface area contributed by atoms with Crippen LogP contribution < -0.4 is 15.5 Å². The Morgan fingerprint density at radius 3 is 2.43 bits per heavy atom. The molecule has 0 aromatic carbocycles. The third kappa shape index (κ3) is 4.84. The molecule has 30 heavy (non-hydrogen) atoms. The fourth-order valence-corrected chi connectivity index (χ4v) is 4.42. The molecule has 1 aliphatic heterocycles. The molecular formula is C22H34N6O2. The zero-order valence-corrected chi connectivity index (χ0v) is 18.4. The van der Waals surface area contributed by atoms with Crippen LogP contribution >= 0.6 is 0 Å². The molecule has 0 unspecified atom stereocenters. The summed E-state index contributed by atoms with van der Waals surface area (Å²) in [7, 11) is 3.92. The van der Waals surface area contributed by atoms with Crippen LogP contribution in [0.25, 0.3) is 0 Å². The van der Waals surface area contributed by atoms with Gasteiger partial charge in [-0.15, -0.1) is 0 Å². The van der Waals surface area contributed by atoms with Crippen molar-refractivity contribution in [1.82, 2.24) is 20.2 Å². The number of anilines is 2. The van der Waals surface area contributed by atoms with Gasteiger partial charge in [0.1, 0.15) is 5.82 Å². The number of aromatic nitrogens is 2. The van der Waals surface area contributed by atoms with Gasteiger partial charge in [-0.05, 0) is 51.4 Å². The lowest BCUT2D eigenvalue weighted by Crippen LogP contribution is -2.42. The van der Waals surface area contributed by atoms with Crippen molar-refractivity contribution in [3.63, 3.8) is 0 Å². The van der Waals surface area contributed by atoms with Crippen molar-refractivity contribution in [1.29, 1.82) is 0 Å². The Labute approximate surface area is 178 Å². The molecular weight excluding hydrogens is 380 g/mol. The summed E-state index contributed by atoms with van der Waals surface area (Å²) in [4.78, 5) is 38.2. The highest BCUT2D eigenvalue weighted by molar-refractivity contribution is 5.81. The van der Waals surface area contributed by atoms with Gasteiger partial charge in [0, 0.05) is 51.8 Å². The molecule has 1 saturated heterocycles. The van der Waals surface area contributed by atoms with Crippen LogP contribution in [0.15, 0.2) is 0 Å². The molecule has 2 amide bonds. The molecule has 8 nitrogen and oxygen atoms in total. The van der Waals surface area contributed by atoms with Crippen molar-refractivity contribution in [2.24, 2.45) is 5.92 Å². The molecule has 1 aromatic heterocycles. The molecule has 2 atom stereocenters. The zero-order chi connectivity index (χ0) is 21.3. The fourth-order valence-electron chi connectivity index (χ4n) is 4.42. The lowest BCUT2D eigenvalue weighted by molar-refractivity contribution is -0.131. The first-order valence-corrected chi connectivity index (χ1v) is 11.3. The van der Waals surface area contributed by atoms with E-state index in [1.807, 2.05) is 23.9 Å². The largest absolute Gasteiger partial charge is 0.365 e. The third-order valence-electron chi connectivity index (χ3n) is 6.40. The Kier molecular flexibility index (Phi) is 6.11. The van der Waals surface area contributed by atoms with Gasteiger partial charge < -0.3 is 20.4 Å². The van der Waals surface area contributed by atoms with Crippen LogP contribution in [0.2, 0.25) is 0 Å². The van der Waals surface area contributed by atoms with E-state index in [0.29, 0.717) is 19.1 Å². The molecule has 4 rings (SSSR count). The van der Waals surface area contributed by atoms with E-state index in [1.165, 1.54) is 5.56 Å². The first-order valence-electron chi connectivity index (χ1n) is 11.3. The van der Waals surface area contributed by atoms with Crippen LogP contribution in [0.1, 0.15) is 56.7 Å². The molecule has 0 radical (unpaired) electrons. The molecule has 0 bridgehead atoms. The zero-order valence-electron chi connectivity index (χ0n) is 18.4. The first-order chi connectivity index (χ1) is 14.4. The highest BCUT2D eigenvalue weighted by atomic mass is 16.2. The lowest BCUT2D eigenvalue weighted by atomic mass is 9.96. The van der Waals surface area contributed by atoms with Gasteiger partial charge in [0.15, 0.2) is 0 Å². The molecule has 1 saturated carbocycles. The Morgan fingerprint density at radius 2 is 1.73 bits per heavy atom. The Bertz CT molecular complexity index is 807. The van der Waals surface area contributed by atoms with E-state index in [0.717, 1.165) is 68.8 Å². The van der Waals surface area contributed by atoms with E-state index in [9.17, 15) is 9.59 Å². The number of fused-ring (bicyclic) bond motifs is 1. The highest BCUT2D eigenvalue weighted by Gasteiger charge is 2.33. The summed E-state index contributed by atoms with van der Waals surface area (Å²) in [6.45, 7) is 2.68. The van der Waals surface area contributed by atoms with Gasteiger partial charge >= 0.3 is 0 Å². The summed E-state index contributed by atoms with van der Waals surface area (Å²) in [6.07, 6.45) is 8.05. The van der Waals surface area contributed by atoms with Crippen molar-refractivity contribution >= 4 is 23.6 Å². The predicted octanol–water partition coefficient (Wildman–Crippen LogP) is 1.74. The van der Waals surface area contributed by atoms with Gasteiger partial charge in [-0.1, -0.05) is 0 Å². The van der Waals surface area contributed by atoms with Gasteiger partial charge in [0.2, 0.25) is 17.8 Å². The van der Waals surface area contributed by atoms with Gasteiger partial charge in [0.25, 0.3) is 0 Å². The number of carbonyl (C=O) groups excluding carboxylic acids is 2. The second-order valence-corrected chi connectivity index (χ2v) is 9.22. The molecule has 2 aliphatic carbocycles. The Hall–Kier alpha value is -2.38. The minimum absolute atomic E-state index is 0.0200. The standard InChI is InChI=1S/C22H34N6O2/c1-14(29)28-12-15(21(30)24-16-10-11-16)8-9-17(13-28)23-20-18-6-4-5-7-19(18)25-22(26-20)27(2)3/h15-17H,4-13H2,1-3H3,(H,24,30)(H,23,25,26)/t15-,17+/m1/s1. The second-order valence-electron chi connectivity index (χ2n) is 9.22. The van der Waals surface area contributed by atoms with Crippen LogP contribution in [-0.4, -0.2) is 66.0 Å². The number of hydrogen-bond donors (Lipinski definition) is 2. The molecule has 8 heteroatoms. The van der Waals surface area contributed by atoms with Gasteiger partial charge in [-0.3, -0.25) is 9.59 Å². The van der Waals surface area contributed by atoms with Crippen molar-refractivity contribution in [2.45, 2.75) is 70.4 Å². The molecule has 2 heterocycles. The normalized spacial score (nSPS) is 23.9. The average molecular weight is 415 g/mol. The summed E-state index contributed by atoms with van der Waals surface area (Å²) >= 11 is 0. The van der Waals surface area contributed by atoms with Gasteiger partial charge in [-0.25, -0.2) is 4.98 Å². The summed E-state index contributed by atoms with van der Waals surface area (Å²) in [5.41, 5.74) is 2.36. The maximum atomic E-state index is 12.6. The molecule has 2 fully saturated rings. The maximum Gasteiger partial charge on any atom is 0.227 e. The van der Waals surface area contributed by atoms with Crippen molar-refractivity contribution < 1.29 is 9.59 Å². The Balaban J connectivity index is 1.52. The van der Waals surface area contributed by atoms with E-state index < -0.39 is 0 Å². The van der Waals surface area contributed by atoms with E-state index in [-0.39, 0.29) is 23.8 Å². The van der Waals surface area contributed by atoms with E-state index in [4.69, 9.17) is 9.97 Å². The van der Waals surface area contributed by atoms with Crippen LogP contribution in [0, 0.1) is 5.92 Å². The van der Waals surface area contributed by atoms with Gasteiger partial charge in [-0.2, -0.15) is 4.98 Å². The van der Waals surface area contributed by atoms with Crippen molar-refractivity contribution in [2.75, 3.05) is 37.4 Å². The number of carbonyl (C=O) groups is 2. The smallest absolute Gasteiger partial charge is 0.227 e. The van der Waals surface area contributed by atoms with Crippen LogP contribution in [0.4, 0.5) is 11.8 Å². The highest BCUT2D eigenvalue weighted by Crippen LogP contribution is 2.29. The molecule has 2 N–H and O–H groups in total.